The van der Waals surface area contributed by atoms with Crippen LogP contribution >= 0.6 is 0 Å². The van der Waals surface area contributed by atoms with Crippen LogP contribution in [0.4, 0.5) is 14.5 Å². The molecule has 0 radical (unpaired) electrons. The number of rotatable bonds is 4. The van der Waals surface area contributed by atoms with Crippen molar-refractivity contribution in [2.24, 2.45) is 0 Å². The van der Waals surface area contributed by atoms with Gasteiger partial charge in [-0.15, -0.1) is 10.2 Å². The van der Waals surface area contributed by atoms with Gasteiger partial charge in [-0.25, -0.2) is 4.39 Å². The van der Waals surface area contributed by atoms with Gasteiger partial charge in [0.1, 0.15) is 5.82 Å². The maximum absolute atomic E-state index is 13.8. The quantitative estimate of drug-likeness (QED) is 0.670. The van der Waals surface area contributed by atoms with Gasteiger partial charge in [-0.1, -0.05) is 0 Å². The van der Waals surface area contributed by atoms with Crippen molar-refractivity contribution in [3.8, 4) is 11.5 Å². The van der Waals surface area contributed by atoms with Crippen LogP contribution in [0.5, 0.6) is 0 Å². The molecule has 1 aromatic heterocycles. The van der Waals surface area contributed by atoms with Crippen LogP contribution in [0.25, 0.3) is 11.5 Å². The summed E-state index contributed by atoms with van der Waals surface area (Å²) in [6.07, 6.45) is 0. The Kier molecular flexibility index (Phi) is 3.47. The Morgan fingerprint density at radius 3 is 2.79 bits per heavy atom. The summed E-state index contributed by atoms with van der Waals surface area (Å²) in [6, 6.07) is 1.25. The molecule has 0 saturated heterocycles. The molecule has 19 heavy (non-hydrogen) atoms. The fraction of sp³-hybridized carbons (Fsp3) is 0.200. The molecular weight excluding hydrogens is 262 g/mol. The second-order valence-electron chi connectivity index (χ2n) is 3.57. The summed E-state index contributed by atoms with van der Waals surface area (Å²) in [5.41, 5.74) is -1.43. The van der Waals surface area contributed by atoms with Crippen LogP contribution in [0.15, 0.2) is 16.5 Å². The van der Waals surface area contributed by atoms with Crippen molar-refractivity contribution in [1.29, 1.82) is 0 Å². The normalized spacial score (nSPS) is 10.7. The molecule has 0 fully saturated rings. The molecule has 0 spiro atoms. The van der Waals surface area contributed by atoms with E-state index in [0.29, 0.717) is 6.07 Å². The first-order valence-electron chi connectivity index (χ1n) is 5.13. The SMILES string of the molecule is CNCc1nnc(-c2cc(F)cc([N+](=O)[O-])c2F)o1. The van der Waals surface area contributed by atoms with Gasteiger partial charge in [-0.05, 0) is 13.1 Å². The summed E-state index contributed by atoms with van der Waals surface area (Å²) in [6.45, 7) is 0.242. The molecule has 0 aliphatic heterocycles. The van der Waals surface area contributed by atoms with Crippen molar-refractivity contribution in [3.05, 3.63) is 39.8 Å². The Labute approximate surface area is 105 Å². The molecule has 0 atom stereocenters. The van der Waals surface area contributed by atoms with E-state index in [4.69, 9.17) is 4.42 Å². The third kappa shape index (κ3) is 2.55. The summed E-state index contributed by atoms with van der Waals surface area (Å²) < 4.78 is 32.1. The fourth-order valence-corrected chi connectivity index (χ4v) is 1.45. The number of nitro benzene ring substituents is 1. The molecule has 2 aromatic rings. The Hall–Kier alpha value is -2.42. The van der Waals surface area contributed by atoms with Gasteiger partial charge in [0.05, 0.1) is 23.1 Å². The molecule has 100 valence electrons. The van der Waals surface area contributed by atoms with Crippen molar-refractivity contribution < 1.29 is 18.1 Å². The summed E-state index contributed by atoms with van der Waals surface area (Å²) in [7, 11) is 1.64. The molecule has 0 aliphatic rings. The molecular formula is C10H8F2N4O3. The van der Waals surface area contributed by atoms with Gasteiger partial charge in [0.2, 0.25) is 11.7 Å². The van der Waals surface area contributed by atoms with E-state index in [2.05, 4.69) is 15.5 Å². The number of nitrogens with zero attached hydrogens (tertiary/aromatic N) is 3. The molecule has 1 aromatic carbocycles. The molecule has 7 nitrogen and oxygen atoms in total. The third-order valence-corrected chi connectivity index (χ3v) is 2.24. The average Bonchev–Trinajstić information content (AvgIpc) is 2.80. The molecule has 1 N–H and O–H groups in total. The summed E-state index contributed by atoms with van der Waals surface area (Å²) >= 11 is 0. The van der Waals surface area contributed by atoms with Crippen LogP contribution in [-0.4, -0.2) is 22.2 Å². The first kappa shape index (κ1) is 13.0. The lowest BCUT2D eigenvalue weighted by Gasteiger charge is -1.99. The van der Waals surface area contributed by atoms with E-state index in [9.17, 15) is 18.9 Å². The molecule has 9 heteroatoms. The monoisotopic (exact) mass is 270 g/mol. The Morgan fingerprint density at radius 1 is 1.42 bits per heavy atom. The van der Waals surface area contributed by atoms with Crippen molar-refractivity contribution in [2.45, 2.75) is 6.54 Å². The third-order valence-electron chi connectivity index (χ3n) is 2.24. The second kappa shape index (κ2) is 5.06. The highest BCUT2D eigenvalue weighted by atomic mass is 19.1. The maximum Gasteiger partial charge on any atom is 0.308 e. The minimum absolute atomic E-state index is 0.156. The Balaban J connectivity index is 2.51. The van der Waals surface area contributed by atoms with Crippen LogP contribution in [-0.2, 0) is 6.54 Å². The van der Waals surface area contributed by atoms with E-state index in [-0.39, 0.29) is 18.3 Å². The number of benzene rings is 1. The zero-order chi connectivity index (χ0) is 14.0. The van der Waals surface area contributed by atoms with Crippen LogP contribution in [0.1, 0.15) is 5.89 Å². The average molecular weight is 270 g/mol. The molecule has 0 amide bonds. The van der Waals surface area contributed by atoms with Crippen LogP contribution in [0.2, 0.25) is 0 Å². The predicted octanol–water partition coefficient (Wildman–Crippen LogP) is 1.64. The second-order valence-corrected chi connectivity index (χ2v) is 3.57. The van der Waals surface area contributed by atoms with Crippen molar-refractivity contribution in [2.75, 3.05) is 7.05 Å². The minimum Gasteiger partial charge on any atom is -0.419 e. The first-order chi connectivity index (χ1) is 9.02. The smallest absolute Gasteiger partial charge is 0.308 e. The number of nitrogens with one attached hydrogen (secondary N) is 1. The lowest BCUT2D eigenvalue weighted by atomic mass is 10.2. The van der Waals surface area contributed by atoms with Gasteiger partial charge in [0.25, 0.3) is 5.89 Å². The first-order valence-corrected chi connectivity index (χ1v) is 5.13. The number of hydrogen-bond acceptors (Lipinski definition) is 6. The minimum atomic E-state index is -1.22. The van der Waals surface area contributed by atoms with Crippen molar-refractivity contribution in [3.63, 3.8) is 0 Å². The molecule has 0 saturated carbocycles. The van der Waals surface area contributed by atoms with E-state index in [1.54, 1.807) is 7.05 Å². The van der Waals surface area contributed by atoms with Crippen molar-refractivity contribution >= 4 is 5.69 Å². The number of aromatic nitrogens is 2. The molecule has 0 bridgehead atoms. The van der Waals surface area contributed by atoms with E-state index in [0.717, 1.165) is 6.07 Å². The number of halogens is 2. The van der Waals surface area contributed by atoms with Crippen molar-refractivity contribution in [1.82, 2.24) is 15.5 Å². The highest BCUT2D eigenvalue weighted by molar-refractivity contribution is 5.59. The van der Waals surface area contributed by atoms with Crippen LogP contribution in [0.3, 0.4) is 0 Å². The lowest BCUT2D eigenvalue weighted by molar-refractivity contribution is -0.387. The van der Waals surface area contributed by atoms with Gasteiger partial charge in [0.15, 0.2) is 0 Å². The fourth-order valence-electron chi connectivity index (χ4n) is 1.45. The van der Waals surface area contributed by atoms with E-state index < -0.39 is 27.8 Å². The van der Waals surface area contributed by atoms with Gasteiger partial charge < -0.3 is 9.73 Å². The molecule has 2 rings (SSSR count). The largest absolute Gasteiger partial charge is 0.419 e. The summed E-state index contributed by atoms with van der Waals surface area (Å²) in [5, 5.41) is 20.4. The standard InChI is InChI=1S/C10H8F2N4O3/c1-13-4-8-14-15-10(19-8)6-2-5(11)3-7(9(6)12)16(17)18/h2-3,13H,4H2,1H3. The molecule has 1 heterocycles. The predicted molar refractivity (Wildman–Crippen MR) is 59.1 cm³/mol. The lowest BCUT2D eigenvalue weighted by Crippen LogP contribution is -2.04. The molecule has 0 unspecified atom stereocenters. The van der Waals surface area contributed by atoms with E-state index >= 15 is 0 Å². The maximum atomic E-state index is 13.8. The van der Waals surface area contributed by atoms with Gasteiger partial charge in [-0.2, -0.15) is 4.39 Å². The number of hydrogen-bond donors (Lipinski definition) is 1. The summed E-state index contributed by atoms with van der Waals surface area (Å²) in [5.74, 6) is -2.34. The topological polar surface area (TPSA) is 94.1 Å². The highest BCUT2D eigenvalue weighted by Gasteiger charge is 2.24. The Morgan fingerprint density at radius 2 is 2.16 bits per heavy atom. The van der Waals surface area contributed by atoms with Crippen LogP contribution in [0, 0.1) is 21.7 Å². The van der Waals surface area contributed by atoms with Gasteiger partial charge >= 0.3 is 5.69 Å². The Bertz CT molecular complexity index is 629. The van der Waals surface area contributed by atoms with Gasteiger partial charge in [-0.3, -0.25) is 10.1 Å². The highest BCUT2D eigenvalue weighted by Crippen LogP contribution is 2.29. The number of nitro groups is 1. The van der Waals surface area contributed by atoms with E-state index in [1.165, 1.54) is 0 Å². The molecule has 0 aliphatic carbocycles. The van der Waals surface area contributed by atoms with Gasteiger partial charge in [0, 0.05) is 0 Å². The zero-order valence-corrected chi connectivity index (χ0v) is 9.68. The van der Waals surface area contributed by atoms with E-state index in [1.807, 2.05) is 0 Å². The van der Waals surface area contributed by atoms with Crippen LogP contribution < -0.4 is 5.32 Å². The summed E-state index contributed by atoms with van der Waals surface area (Å²) in [4.78, 5) is 9.57. The zero-order valence-electron chi connectivity index (χ0n) is 9.68.